The number of unbranched alkanes of at least 4 members (excludes halogenated alkanes) is 2. The van der Waals surface area contributed by atoms with E-state index in [2.05, 4.69) is 44.7 Å². The van der Waals surface area contributed by atoms with Crippen LogP contribution in [0, 0.1) is 5.92 Å². The van der Waals surface area contributed by atoms with Gasteiger partial charge in [-0.25, -0.2) is 0 Å². The van der Waals surface area contributed by atoms with Crippen LogP contribution >= 0.6 is 12.4 Å². The number of benzene rings is 1. The average molecular weight is 532 g/mol. The van der Waals surface area contributed by atoms with Crippen LogP contribution in [0.5, 0.6) is 11.5 Å². The smallest absolute Gasteiger partial charge is 0.311 e. The van der Waals surface area contributed by atoms with Crippen LogP contribution in [0.2, 0.25) is 0 Å². The number of fused-ring (bicyclic) bond motifs is 2. The fraction of sp³-hybridized carbons (Fsp3) is 0.719. The van der Waals surface area contributed by atoms with Crippen molar-refractivity contribution in [2.75, 3.05) is 19.6 Å². The highest BCUT2D eigenvalue weighted by atomic mass is 35.5. The van der Waals surface area contributed by atoms with Crippen molar-refractivity contribution in [3.8, 4) is 11.5 Å². The molecule has 37 heavy (non-hydrogen) atoms. The average Bonchev–Trinajstić information content (AvgIpc) is 3.34. The molecule has 0 bridgehead atoms. The molecule has 2 heterocycles. The number of carbonyl (C=O) groups excluding carboxylic acids is 1. The highest BCUT2D eigenvalue weighted by Gasteiger charge is 2.39. The molecule has 208 valence electrons. The molecule has 1 fully saturated rings. The predicted molar refractivity (Wildman–Crippen MR) is 156 cm³/mol. The van der Waals surface area contributed by atoms with Crippen molar-refractivity contribution < 1.29 is 14.3 Å². The van der Waals surface area contributed by atoms with Crippen molar-refractivity contribution in [2.45, 2.75) is 123 Å². The summed E-state index contributed by atoms with van der Waals surface area (Å²) in [5, 5.41) is 0. The van der Waals surface area contributed by atoms with Gasteiger partial charge in [0.2, 0.25) is 0 Å². The molecule has 0 amide bonds. The molecule has 0 saturated carbocycles. The van der Waals surface area contributed by atoms with Gasteiger partial charge < -0.3 is 14.4 Å². The highest BCUT2D eigenvalue weighted by molar-refractivity contribution is 5.85. The second-order valence-corrected chi connectivity index (χ2v) is 12.0. The van der Waals surface area contributed by atoms with E-state index in [4.69, 9.17) is 9.47 Å². The third-order valence-electron chi connectivity index (χ3n) is 8.49. The molecule has 4 rings (SSSR count). The summed E-state index contributed by atoms with van der Waals surface area (Å²) in [6.07, 6.45) is 15.9. The van der Waals surface area contributed by atoms with Gasteiger partial charge in [-0.1, -0.05) is 46.0 Å². The molecule has 2 aliphatic heterocycles. The normalized spacial score (nSPS) is 19.5. The van der Waals surface area contributed by atoms with E-state index in [1.807, 2.05) is 0 Å². The van der Waals surface area contributed by atoms with Gasteiger partial charge in [-0.2, -0.15) is 0 Å². The molecule has 1 aromatic carbocycles. The van der Waals surface area contributed by atoms with Crippen molar-refractivity contribution in [3.05, 3.63) is 28.8 Å². The number of piperidine rings is 1. The minimum Gasteiger partial charge on any atom is -0.483 e. The summed E-state index contributed by atoms with van der Waals surface area (Å²) in [6, 6.07) is 4.37. The summed E-state index contributed by atoms with van der Waals surface area (Å²) in [5.74, 6) is 2.24. The quantitative estimate of drug-likeness (QED) is 0.154. The number of likely N-dealkylation sites (tertiary alicyclic amines) is 1. The van der Waals surface area contributed by atoms with Crippen LogP contribution in [0.25, 0.3) is 5.57 Å². The van der Waals surface area contributed by atoms with Gasteiger partial charge in [0.15, 0.2) is 0 Å². The van der Waals surface area contributed by atoms with Gasteiger partial charge in [0.25, 0.3) is 0 Å². The van der Waals surface area contributed by atoms with Crippen molar-refractivity contribution in [2.24, 2.45) is 5.92 Å². The lowest BCUT2D eigenvalue weighted by Gasteiger charge is -2.35. The van der Waals surface area contributed by atoms with Gasteiger partial charge in [0, 0.05) is 6.42 Å². The molecule has 5 heteroatoms. The van der Waals surface area contributed by atoms with Gasteiger partial charge in [0.05, 0.1) is 5.56 Å². The number of nitrogens with zero attached hydrogens (tertiary/aromatic N) is 1. The second kappa shape index (κ2) is 14.0. The van der Waals surface area contributed by atoms with E-state index in [-0.39, 0.29) is 24.0 Å². The molecule has 0 radical (unpaired) electrons. The third-order valence-corrected chi connectivity index (χ3v) is 8.49. The van der Waals surface area contributed by atoms with E-state index in [1.54, 1.807) is 0 Å². The Balaban J connectivity index is 0.00000380. The first-order valence-corrected chi connectivity index (χ1v) is 14.9. The maximum absolute atomic E-state index is 13.0. The first-order valence-electron chi connectivity index (χ1n) is 14.9. The summed E-state index contributed by atoms with van der Waals surface area (Å²) in [6.45, 7) is 12.3. The lowest BCUT2D eigenvalue weighted by atomic mass is 9.86. The number of hydrogen-bond acceptors (Lipinski definition) is 4. The van der Waals surface area contributed by atoms with E-state index >= 15 is 0 Å². The molecule has 1 saturated heterocycles. The Morgan fingerprint density at radius 2 is 1.84 bits per heavy atom. The molecule has 1 unspecified atom stereocenters. The van der Waals surface area contributed by atoms with E-state index in [0.29, 0.717) is 12.3 Å². The molecule has 0 spiro atoms. The first kappa shape index (κ1) is 30.0. The lowest BCUT2D eigenvalue weighted by Crippen LogP contribution is -2.33. The van der Waals surface area contributed by atoms with E-state index in [9.17, 15) is 4.79 Å². The molecule has 0 N–H and O–H groups in total. The zero-order chi connectivity index (χ0) is 25.5. The number of rotatable bonds is 12. The topological polar surface area (TPSA) is 38.8 Å². The van der Waals surface area contributed by atoms with Crippen LogP contribution in [0.1, 0.15) is 122 Å². The Bertz CT molecular complexity index is 932. The Kier molecular flexibility index (Phi) is 11.4. The zero-order valence-corrected chi connectivity index (χ0v) is 24.6. The van der Waals surface area contributed by atoms with Crippen LogP contribution in [-0.2, 0) is 11.2 Å². The van der Waals surface area contributed by atoms with Gasteiger partial charge in [0.1, 0.15) is 17.1 Å². The molecule has 0 aromatic heterocycles. The van der Waals surface area contributed by atoms with Crippen LogP contribution < -0.4 is 9.47 Å². The van der Waals surface area contributed by atoms with Crippen LogP contribution in [-0.4, -0.2) is 36.1 Å². The van der Waals surface area contributed by atoms with Gasteiger partial charge in [-0.15, -0.1) is 12.4 Å². The summed E-state index contributed by atoms with van der Waals surface area (Å²) >= 11 is 0. The van der Waals surface area contributed by atoms with E-state index < -0.39 is 0 Å². The predicted octanol–water partition coefficient (Wildman–Crippen LogP) is 8.54. The van der Waals surface area contributed by atoms with Crippen LogP contribution in [0.15, 0.2) is 17.7 Å². The summed E-state index contributed by atoms with van der Waals surface area (Å²) in [7, 11) is 0. The molecule has 1 atom stereocenters. The maximum atomic E-state index is 13.0. The number of hydrogen-bond donors (Lipinski definition) is 0. The Morgan fingerprint density at radius 3 is 2.59 bits per heavy atom. The van der Waals surface area contributed by atoms with Crippen LogP contribution in [0.4, 0.5) is 0 Å². The van der Waals surface area contributed by atoms with Crippen molar-refractivity contribution in [1.29, 1.82) is 0 Å². The monoisotopic (exact) mass is 531 g/mol. The molecule has 4 nitrogen and oxygen atoms in total. The Labute approximate surface area is 232 Å². The van der Waals surface area contributed by atoms with Gasteiger partial charge in [-0.3, -0.25) is 4.79 Å². The number of ether oxygens (including phenoxy) is 2. The number of allylic oxidation sites excluding steroid dienone is 1. The Hall–Kier alpha value is -1.52. The number of aryl methyl sites for hydroxylation is 1. The van der Waals surface area contributed by atoms with Crippen molar-refractivity contribution >= 4 is 23.9 Å². The number of carbonyl (C=O) groups is 1. The molecule has 1 aromatic rings. The molecule has 3 aliphatic rings. The molecule has 1 aliphatic carbocycles. The van der Waals surface area contributed by atoms with Crippen molar-refractivity contribution in [1.82, 2.24) is 4.90 Å². The molecular weight excluding hydrogens is 482 g/mol. The van der Waals surface area contributed by atoms with E-state index in [1.165, 1.54) is 74.7 Å². The SMILES string of the molecule is CCCCCC(C)CCc1cc(OC(=O)CCCN2CCCCC2)c2c(c1)OC(C)(C)C1=C2CCC1.Cl. The molecular formula is C32H50ClNO3. The minimum absolute atomic E-state index is 0. The standard InChI is InChI=1S/C32H49NO3.ClH/c1-5-6-8-13-24(2)17-18-25-22-28(35-30(34)16-12-21-33-19-9-7-10-20-33)31-26-14-11-15-27(26)32(3,4)36-29(31)23-25;/h22-24H,5-21H2,1-4H3;1H. The zero-order valence-electron chi connectivity index (χ0n) is 23.8. The third kappa shape index (κ3) is 7.99. The summed E-state index contributed by atoms with van der Waals surface area (Å²) < 4.78 is 12.7. The maximum Gasteiger partial charge on any atom is 0.311 e. The van der Waals surface area contributed by atoms with Crippen LogP contribution in [0.3, 0.4) is 0 Å². The second-order valence-electron chi connectivity index (χ2n) is 12.0. The minimum atomic E-state index is -0.291. The van der Waals surface area contributed by atoms with E-state index in [0.717, 1.165) is 62.1 Å². The van der Waals surface area contributed by atoms with Gasteiger partial charge >= 0.3 is 5.97 Å². The first-order chi connectivity index (χ1) is 17.4. The summed E-state index contributed by atoms with van der Waals surface area (Å²) in [5.41, 5.74) is 4.73. The fourth-order valence-corrected chi connectivity index (χ4v) is 6.37. The fourth-order valence-electron chi connectivity index (χ4n) is 6.37. The Morgan fingerprint density at radius 1 is 1.05 bits per heavy atom. The number of halogens is 1. The largest absolute Gasteiger partial charge is 0.483 e. The number of esters is 1. The van der Waals surface area contributed by atoms with Gasteiger partial charge in [-0.05, 0) is 120 Å². The highest BCUT2D eigenvalue weighted by Crippen LogP contribution is 2.52. The lowest BCUT2D eigenvalue weighted by molar-refractivity contribution is -0.134. The van der Waals surface area contributed by atoms with Crippen molar-refractivity contribution in [3.63, 3.8) is 0 Å². The summed E-state index contributed by atoms with van der Waals surface area (Å²) in [4.78, 5) is 15.5.